The van der Waals surface area contributed by atoms with E-state index in [1.54, 1.807) is 0 Å². The van der Waals surface area contributed by atoms with Gasteiger partial charge in [-0.1, -0.05) is 48.5 Å². The topological polar surface area (TPSA) is 21.7 Å². The summed E-state index contributed by atoms with van der Waals surface area (Å²) < 4.78 is 4.35. The van der Waals surface area contributed by atoms with Crippen molar-refractivity contribution in [3.63, 3.8) is 0 Å². The van der Waals surface area contributed by atoms with Gasteiger partial charge in [-0.25, -0.2) is 4.57 Å². The standard InChI is InChI=1S/C22H20N3/c1-17-21(15-19(16-23-17)18-9-5-3-6-10-18)22-24(2)13-14-25(22)20-11-7-4-8-12-20/h3-16H,1-2H3/q+1. The van der Waals surface area contributed by atoms with E-state index in [4.69, 9.17) is 0 Å². The van der Waals surface area contributed by atoms with Crippen LogP contribution in [0.25, 0.3) is 28.2 Å². The molecule has 0 saturated heterocycles. The Bertz CT molecular complexity index is 1000. The third-order valence-electron chi connectivity index (χ3n) is 4.47. The molecule has 0 atom stereocenters. The summed E-state index contributed by atoms with van der Waals surface area (Å²) >= 11 is 0. The number of aromatic nitrogens is 3. The summed E-state index contributed by atoms with van der Waals surface area (Å²) in [6.45, 7) is 2.06. The van der Waals surface area contributed by atoms with Gasteiger partial charge in [-0.3, -0.25) is 4.98 Å². The molecule has 25 heavy (non-hydrogen) atoms. The van der Waals surface area contributed by atoms with E-state index in [1.807, 2.05) is 18.3 Å². The van der Waals surface area contributed by atoms with Crippen molar-refractivity contribution >= 4 is 0 Å². The van der Waals surface area contributed by atoms with Crippen molar-refractivity contribution in [2.75, 3.05) is 0 Å². The predicted octanol–water partition coefficient (Wildman–Crippen LogP) is 4.34. The van der Waals surface area contributed by atoms with Gasteiger partial charge < -0.3 is 0 Å². The van der Waals surface area contributed by atoms with Gasteiger partial charge in [0.2, 0.25) is 0 Å². The van der Waals surface area contributed by atoms with Crippen molar-refractivity contribution in [2.24, 2.45) is 7.05 Å². The average Bonchev–Trinajstić information content (AvgIpc) is 3.05. The van der Waals surface area contributed by atoms with E-state index in [2.05, 4.69) is 95.1 Å². The van der Waals surface area contributed by atoms with E-state index < -0.39 is 0 Å². The molecule has 2 aromatic carbocycles. The first-order chi connectivity index (χ1) is 12.2. The number of imidazole rings is 1. The first-order valence-electron chi connectivity index (χ1n) is 8.39. The highest BCUT2D eigenvalue weighted by atomic mass is 15.1. The van der Waals surface area contributed by atoms with E-state index >= 15 is 0 Å². The van der Waals surface area contributed by atoms with E-state index in [-0.39, 0.29) is 0 Å². The molecule has 0 aliphatic rings. The molecule has 0 bridgehead atoms. The van der Waals surface area contributed by atoms with Gasteiger partial charge in [0.05, 0.1) is 18.3 Å². The number of nitrogens with zero attached hydrogens (tertiary/aromatic N) is 3. The monoisotopic (exact) mass is 326 g/mol. The fourth-order valence-electron chi connectivity index (χ4n) is 3.14. The van der Waals surface area contributed by atoms with Gasteiger partial charge in [0.15, 0.2) is 0 Å². The van der Waals surface area contributed by atoms with Crippen molar-refractivity contribution in [1.29, 1.82) is 0 Å². The molecule has 0 unspecified atom stereocenters. The Balaban J connectivity index is 1.90. The zero-order valence-electron chi connectivity index (χ0n) is 14.4. The number of hydrogen-bond acceptors (Lipinski definition) is 1. The van der Waals surface area contributed by atoms with Gasteiger partial charge in [0, 0.05) is 11.8 Å². The number of hydrogen-bond donors (Lipinski definition) is 0. The smallest absolute Gasteiger partial charge is 0.260 e. The molecular formula is C22H20N3+. The fraction of sp³-hybridized carbons (Fsp3) is 0.0909. The Morgan fingerprint density at radius 2 is 1.56 bits per heavy atom. The molecule has 2 heterocycles. The summed E-state index contributed by atoms with van der Waals surface area (Å²) in [5, 5.41) is 0. The predicted molar refractivity (Wildman–Crippen MR) is 100 cm³/mol. The number of pyridine rings is 1. The molecule has 3 nitrogen and oxygen atoms in total. The van der Waals surface area contributed by atoms with Crippen LogP contribution in [0.3, 0.4) is 0 Å². The Hall–Kier alpha value is -3.20. The van der Waals surface area contributed by atoms with Gasteiger partial charge in [0.1, 0.15) is 18.1 Å². The maximum Gasteiger partial charge on any atom is 0.295 e. The molecule has 0 amide bonds. The average molecular weight is 326 g/mol. The van der Waals surface area contributed by atoms with Gasteiger partial charge in [0.25, 0.3) is 5.82 Å². The first kappa shape index (κ1) is 15.3. The number of rotatable bonds is 3. The second-order valence-corrected chi connectivity index (χ2v) is 6.16. The lowest BCUT2D eigenvalue weighted by Gasteiger charge is -2.08. The molecule has 0 aliphatic carbocycles. The Labute approximate surface area is 147 Å². The highest BCUT2D eigenvalue weighted by Crippen LogP contribution is 2.27. The van der Waals surface area contributed by atoms with Crippen LogP contribution in [0.15, 0.2) is 85.3 Å². The molecule has 3 heteroatoms. The third-order valence-corrected chi connectivity index (χ3v) is 4.47. The van der Waals surface area contributed by atoms with Crippen LogP contribution in [-0.4, -0.2) is 9.55 Å². The van der Waals surface area contributed by atoms with Crippen LogP contribution >= 0.6 is 0 Å². The molecule has 0 radical (unpaired) electrons. The summed E-state index contributed by atoms with van der Waals surface area (Å²) in [6, 6.07) is 23.0. The SMILES string of the molecule is Cc1ncc(-c2ccccc2)cc1-c1n(-c2ccccc2)cc[n+]1C. The first-order valence-corrected chi connectivity index (χ1v) is 8.39. The second kappa shape index (κ2) is 6.36. The summed E-state index contributed by atoms with van der Waals surface area (Å²) in [6.07, 6.45) is 6.13. The zero-order chi connectivity index (χ0) is 17.2. The summed E-state index contributed by atoms with van der Waals surface area (Å²) in [7, 11) is 2.07. The molecule has 0 spiro atoms. The normalized spacial score (nSPS) is 10.8. The highest BCUT2D eigenvalue weighted by molar-refractivity contribution is 5.70. The molecule has 0 N–H and O–H groups in total. The van der Waals surface area contributed by atoms with Crippen molar-refractivity contribution in [3.8, 4) is 28.2 Å². The summed E-state index contributed by atoms with van der Waals surface area (Å²) in [5.41, 5.74) is 5.60. The van der Waals surface area contributed by atoms with E-state index in [0.717, 1.165) is 28.3 Å². The highest BCUT2D eigenvalue weighted by Gasteiger charge is 2.21. The molecular weight excluding hydrogens is 306 g/mol. The van der Waals surface area contributed by atoms with Crippen LogP contribution in [-0.2, 0) is 7.05 Å². The Morgan fingerprint density at radius 1 is 0.880 bits per heavy atom. The minimum Gasteiger partial charge on any atom is -0.260 e. The summed E-state index contributed by atoms with van der Waals surface area (Å²) in [5.74, 6) is 1.12. The number of para-hydroxylation sites is 1. The minimum atomic E-state index is 1.02. The van der Waals surface area contributed by atoms with E-state index in [1.165, 1.54) is 5.56 Å². The van der Waals surface area contributed by atoms with Gasteiger partial charge >= 0.3 is 0 Å². The summed E-state index contributed by atoms with van der Waals surface area (Å²) in [4.78, 5) is 4.66. The fourth-order valence-corrected chi connectivity index (χ4v) is 3.14. The van der Waals surface area contributed by atoms with Crippen LogP contribution in [0.1, 0.15) is 5.69 Å². The van der Waals surface area contributed by atoms with Crippen molar-refractivity contribution in [3.05, 3.63) is 91.0 Å². The van der Waals surface area contributed by atoms with Gasteiger partial charge in [-0.05, 0) is 30.7 Å². The lowest BCUT2D eigenvalue weighted by atomic mass is 10.0. The number of aryl methyl sites for hydroxylation is 2. The molecule has 4 rings (SSSR count). The van der Waals surface area contributed by atoms with Crippen molar-refractivity contribution in [2.45, 2.75) is 6.92 Å². The molecule has 0 saturated carbocycles. The lowest BCUT2D eigenvalue weighted by molar-refractivity contribution is -0.659. The van der Waals surface area contributed by atoms with Crippen LogP contribution < -0.4 is 4.57 Å². The van der Waals surface area contributed by atoms with Crippen LogP contribution in [0.2, 0.25) is 0 Å². The Kier molecular flexibility index (Phi) is 3.90. The molecule has 4 aromatic rings. The van der Waals surface area contributed by atoms with Crippen molar-refractivity contribution < 1.29 is 4.57 Å². The van der Waals surface area contributed by atoms with E-state index in [9.17, 15) is 0 Å². The largest absolute Gasteiger partial charge is 0.295 e. The zero-order valence-corrected chi connectivity index (χ0v) is 14.4. The van der Waals surface area contributed by atoms with Gasteiger partial charge in [-0.15, -0.1) is 0 Å². The van der Waals surface area contributed by atoms with Crippen LogP contribution in [0.4, 0.5) is 0 Å². The quantitative estimate of drug-likeness (QED) is 0.513. The van der Waals surface area contributed by atoms with Gasteiger partial charge in [-0.2, -0.15) is 4.57 Å². The molecule has 2 aromatic heterocycles. The molecule has 122 valence electrons. The molecule has 0 fully saturated rings. The molecule has 0 aliphatic heterocycles. The van der Waals surface area contributed by atoms with Crippen LogP contribution in [0.5, 0.6) is 0 Å². The number of benzene rings is 2. The van der Waals surface area contributed by atoms with Crippen molar-refractivity contribution in [1.82, 2.24) is 9.55 Å². The lowest BCUT2D eigenvalue weighted by Crippen LogP contribution is -2.29. The maximum atomic E-state index is 4.66. The van der Waals surface area contributed by atoms with Crippen LogP contribution in [0, 0.1) is 6.92 Å². The third kappa shape index (κ3) is 2.85. The Morgan fingerprint density at radius 3 is 2.28 bits per heavy atom. The van der Waals surface area contributed by atoms with E-state index in [0.29, 0.717) is 0 Å². The minimum absolute atomic E-state index is 1.02. The second-order valence-electron chi connectivity index (χ2n) is 6.16. The maximum absolute atomic E-state index is 4.66.